The van der Waals surface area contributed by atoms with Crippen LogP contribution in [0.25, 0.3) is 11.6 Å². The van der Waals surface area contributed by atoms with Gasteiger partial charge >= 0.3 is 0 Å². The van der Waals surface area contributed by atoms with E-state index in [1.807, 2.05) is 78.9 Å². The number of para-hydroxylation sites is 1. The van der Waals surface area contributed by atoms with Crippen LogP contribution < -0.4 is 4.74 Å². The summed E-state index contributed by atoms with van der Waals surface area (Å²) in [6.07, 6.45) is 1.84. The van der Waals surface area contributed by atoms with Crippen LogP contribution in [0.5, 0.6) is 5.75 Å². The molecule has 0 unspecified atom stereocenters. The van der Waals surface area contributed by atoms with Gasteiger partial charge in [0.1, 0.15) is 12.4 Å². The third-order valence-corrected chi connectivity index (χ3v) is 4.54. The molecule has 3 aromatic carbocycles. The zero-order valence-corrected chi connectivity index (χ0v) is 16.2. The first kappa shape index (κ1) is 18.3. The molecule has 0 saturated carbocycles. The lowest BCUT2D eigenvalue weighted by molar-refractivity contribution is 0.305. The van der Waals surface area contributed by atoms with Gasteiger partial charge in [-0.2, -0.15) is 5.26 Å². The van der Waals surface area contributed by atoms with E-state index in [0.29, 0.717) is 17.2 Å². The molecule has 0 aliphatic carbocycles. The van der Waals surface area contributed by atoms with E-state index < -0.39 is 0 Å². The third kappa shape index (κ3) is 4.76. The SMILES string of the molecule is N#C/C(=C/c1ccccc1OCc1cccc(Cl)c1)c1ccc(Br)cc1. The minimum Gasteiger partial charge on any atom is -0.488 e. The Kier molecular flexibility index (Phi) is 6.12. The van der Waals surface area contributed by atoms with Crippen molar-refractivity contribution in [1.29, 1.82) is 5.26 Å². The topological polar surface area (TPSA) is 33.0 Å². The van der Waals surface area contributed by atoms with Crippen molar-refractivity contribution in [3.8, 4) is 11.8 Å². The van der Waals surface area contributed by atoms with Gasteiger partial charge in [0, 0.05) is 15.1 Å². The summed E-state index contributed by atoms with van der Waals surface area (Å²) < 4.78 is 6.93. The summed E-state index contributed by atoms with van der Waals surface area (Å²) in [5.74, 6) is 0.720. The summed E-state index contributed by atoms with van der Waals surface area (Å²) in [5, 5.41) is 10.2. The van der Waals surface area contributed by atoms with Crippen molar-refractivity contribution in [2.45, 2.75) is 6.61 Å². The molecule has 2 nitrogen and oxygen atoms in total. The van der Waals surface area contributed by atoms with E-state index >= 15 is 0 Å². The maximum absolute atomic E-state index is 9.55. The highest BCUT2D eigenvalue weighted by molar-refractivity contribution is 9.10. The molecule has 0 aliphatic rings. The highest BCUT2D eigenvalue weighted by Crippen LogP contribution is 2.26. The summed E-state index contributed by atoms with van der Waals surface area (Å²) in [5.41, 5.74) is 3.29. The van der Waals surface area contributed by atoms with Crippen molar-refractivity contribution in [2.75, 3.05) is 0 Å². The van der Waals surface area contributed by atoms with Gasteiger partial charge in [-0.1, -0.05) is 70.0 Å². The Morgan fingerprint density at radius 2 is 1.81 bits per heavy atom. The lowest BCUT2D eigenvalue weighted by atomic mass is 10.0. The fourth-order valence-corrected chi connectivity index (χ4v) is 2.96. The Morgan fingerprint density at radius 1 is 1.04 bits per heavy atom. The number of hydrogen-bond donors (Lipinski definition) is 0. The first-order valence-corrected chi connectivity index (χ1v) is 9.17. The van der Waals surface area contributed by atoms with Gasteiger partial charge in [-0.3, -0.25) is 0 Å². The first-order valence-electron chi connectivity index (χ1n) is 8.00. The number of nitriles is 1. The molecule has 0 heterocycles. The molecule has 0 bridgehead atoms. The standard InChI is InChI=1S/C22H15BrClNO/c23-20-10-8-17(9-11-20)19(14-25)13-18-5-1-2-7-22(18)26-15-16-4-3-6-21(24)12-16/h1-13H,15H2/b19-13-. The number of allylic oxidation sites excluding steroid dienone is 1. The number of rotatable bonds is 5. The van der Waals surface area contributed by atoms with Crippen LogP contribution in [0.2, 0.25) is 5.02 Å². The zero-order valence-electron chi connectivity index (χ0n) is 13.8. The Balaban J connectivity index is 1.86. The molecule has 0 aromatic heterocycles. The molecule has 4 heteroatoms. The smallest absolute Gasteiger partial charge is 0.127 e. The van der Waals surface area contributed by atoms with Gasteiger partial charge in [-0.15, -0.1) is 0 Å². The van der Waals surface area contributed by atoms with E-state index in [1.54, 1.807) is 0 Å². The Hall–Kier alpha value is -2.54. The fourth-order valence-electron chi connectivity index (χ4n) is 2.48. The molecule has 0 atom stereocenters. The summed E-state index contributed by atoms with van der Waals surface area (Å²) in [6, 6.07) is 25.2. The molecular weight excluding hydrogens is 410 g/mol. The average Bonchev–Trinajstić information content (AvgIpc) is 2.66. The second-order valence-corrected chi connectivity index (χ2v) is 6.99. The van der Waals surface area contributed by atoms with Crippen molar-refractivity contribution in [3.63, 3.8) is 0 Å². The normalized spacial score (nSPS) is 11.0. The van der Waals surface area contributed by atoms with Crippen LogP contribution in [0.3, 0.4) is 0 Å². The van der Waals surface area contributed by atoms with E-state index in [4.69, 9.17) is 16.3 Å². The average molecular weight is 425 g/mol. The van der Waals surface area contributed by atoms with E-state index in [2.05, 4.69) is 22.0 Å². The molecule has 0 aliphatic heterocycles. The Labute approximate surface area is 166 Å². The van der Waals surface area contributed by atoms with Gasteiger partial charge in [0.05, 0.1) is 11.6 Å². The summed E-state index contributed by atoms with van der Waals surface area (Å²) >= 11 is 9.43. The molecule has 0 spiro atoms. The highest BCUT2D eigenvalue weighted by Gasteiger charge is 2.06. The molecule has 0 saturated heterocycles. The molecule has 0 radical (unpaired) electrons. The minimum absolute atomic E-state index is 0.408. The van der Waals surface area contributed by atoms with Gasteiger partial charge < -0.3 is 4.74 Å². The Morgan fingerprint density at radius 3 is 2.54 bits per heavy atom. The third-order valence-electron chi connectivity index (χ3n) is 3.78. The molecule has 3 rings (SSSR count). The van der Waals surface area contributed by atoms with Crippen molar-refractivity contribution in [3.05, 3.63) is 99.0 Å². The van der Waals surface area contributed by atoms with Crippen LogP contribution in [0.1, 0.15) is 16.7 Å². The lowest BCUT2D eigenvalue weighted by Gasteiger charge is -2.10. The number of halogens is 2. The van der Waals surface area contributed by atoms with E-state index in [0.717, 1.165) is 26.9 Å². The van der Waals surface area contributed by atoms with Gasteiger partial charge in [0.15, 0.2) is 0 Å². The second kappa shape index (κ2) is 8.71. The molecular formula is C22H15BrClNO. The quantitative estimate of drug-likeness (QED) is 0.335. The van der Waals surface area contributed by atoms with Gasteiger partial charge in [-0.25, -0.2) is 0 Å². The van der Waals surface area contributed by atoms with Crippen molar-refractivity contribution in [2.24, 2.45) is 0 Å². The van der Waals surface area contributed by atoms with Gasteiger partial charge in [0.2, 0.25) is 0 Å². The second-order valence-electron chi connectivity index (χ2n) is 5.63. The number of hydrogen-bond acceptors (Lipinski definition) is 2. The van der Waals surface area contributed by atoms with Crippen molar-refractivity contribution >= 4 is 39.2 Å². The molecule has 128 valence electrons. The predicted molar refractivity (Wildman–Crippen MR) is 110 cm³/mol. The van der Waals surface area contributed by atoms with Crippen LogP contribution in [0.4, 0.5) is 0 Å². The molecule has 3 aromatic rings. The monoisotopic (exact) mass is 423 g/mol. The van der Waals surface area contributed by atoms with E-state index in [9.17, 15) is 5.26 Å². The molecule has 0 N–H and O–H groups in total. The lowest BCUT2D eigenvalue weighted by Crippen LogP contribution is -1.97. The zero-order chi connectivity index (χ0) is 18.4. The molecule has 26 heavy (non-hydrogen) atoms. The number of nitrogens with zero attached hydrogens (tertiary/aromatic N) is 1. The highest BCUT2D eigenvalue weighted by atomic mass is 79.9. The van der Waals surface area contributed by atoms with Crippen LogP contribution in [0.15, 0.2) is 77.3 Å². The maximum atomic E-state index is 9.55. The van der Waals surface area contributed by atoms with Crippen LogP contribution in [-0.2, 0) is 6.61 Å². The van der Waals surface area contributed by atoms with Crippen LogP contribution in [-0.4, -0.2) is 0 Å². The first-order chi connectivity index (χ1) is 12.7. The summed E-state index contributed by atoms with van der Waals surface area (Å²) in [7, 11) is 0. The van der Waals surface area contributed by atoms with Gasteiger partial charge in [0.25, 0.3) is 0 Å². The Bertz CT molecular complexity index is 974. The van der Waals surface area contributed by atoms with Crippen molar-refractivity contribution in [1.82, 2.24) is 0 Å². The van der Waals surface area contributed by atoms with E-state index in [-0.39, 0.29) is 0 Å². The predicted octanol–water partition coefficient (Wildman–Crippen LogP) is 6.75. The number of ether oxygens (including phenoxy) is 1. The number of benzene rings is 3. The molecule has 0 fully saturated rings. The maximum Gasteiger partial charge on any atom is 0.127 e. The largest absolute Gasteiger partial charge is 0.488 e. The fraction of sp³-hybridized carbons (Fsp3) is 0.0455. The van der Waals surface area contributed by atoms with Gasteiger partial charge in [-0.05, 0) is 47.5 Å². The van der Waals surface area contributed by atoms with Crippen LogP contribution in [0, 0.1) is 11.3 Å². The molecule has 0 amide bonds. The van der Waals surface area contributed by atoms with Crippen molar-refractivity contribution < 1.29 is 4.74 Å². The minimum atomic E-state index is 0.408. The van der Waals surface area contributed by atoms with E-state index in [1.165, 1.54) is 0 Å². The van der Waals surface area contributed by atoms with Crippen LogP contribution >= 0.6 is 27.5 Å². The summed E-state index contributed by atoms with van der Waals surface area (Å²) in [4.78, 5) is 0. The summed E-state index contributed by atoms with van der Waals surface area (Å²) in [6.45, 7) is 0.408.